The van der Waals surface area contributed by atoms with Crippen molar-refractivity contribution in [1.82, 2.24) is 0 Å². The standard InChI is InChI=1S/C25H34O6/c1-7-12(2)22(29)31-21-13(3)10-24-14(4)8-17-18(23(17,5)6)16(20(24)28)9-15(11-26)19(27)25(21,24)30/h9-10,14,16-19,21,26-27,30H,2,7-8,11H2,1,3-6H3/t14-,16+,17-,18+,19-,21+,24-,25+/m1/s1. The molecule has 4 rings (SSSR count). The van der Waals surface area contributed by atoms with Crippen LogP contribution in [0.15, 0.2) is 35.5 Å². The summed E-state index contributed by atoms with van der Waals surface area (Å²) in [5.74, 6) is -1.21. The molecule has 2 bridgehead atoms. The molecular weight excluding hydrogens is 396 g/mol. The molecule has 0 heterocycles. The summed E-state index contributed by atoms with van der Waals surface area (Å²) in [6.07, 6.45) is 1.76. The summed E-state index contributed by atoms with van der Waals surface area (Å²) >= 11 is 0. The second-order valence-corrected chi connectivity index (χ2v) is 10.6. The quantitative estimate of drug-likeness (QED) is 0.359. The number of esters is 1. The van der Waals surface area contributed by atoms with E-state index in [1.807, 2.05) is 6.92 Å². The molecule has 6 heteroatoms. The van der Waals surface area contributed by atoms with Gasteiger partial charge in [-0.3, -0.25) is 4.79 Å². The number of ether oxygens (including phenoxy) is 1. The predicted octanol–water partition coefficient (Wildman–Crippen LogP) is 2.33. The Balaban J connectivity index is 1.90. The van der Waals surface area contributed by atoms with Crippen molar-refractivity contribution < 1.29 is 29.6 Å². The Kier molecular flexibility index (Phi) is 4.97. The minimum Gasteiger partial charge on any atom is -0.451 e. The summed E-state index contributed by atoms with van der Waals surface area (Å²) in [5.41, 5.74) is -2.54. The van der Waals surface area contributed by atoms with Gasteiger partial charge in [-0.25, -0.2) is 4.79 Å². The number of ketones is 1. The monoisotopic (exact) mass is 430 g/mol. The van der Waals surface area contributed by atoms with Gasteiger partial charge in [-0.15, -0.1) is 0 Å². The first kappa shape index (κ1) is 22.4. The van der Waals surface area contributed by atoms with E-state index in [0.717, 1.165) is 6.42 Å². The maximum absolute atomic E-state index is 14.2. The van der Waals surface area contributed by atoms with Crippen LogP contribution < -0.4 is 0 Å². The van der Waals surface area contributed by atoms with Gasteiger partial charge in [0.1, 0.15) is 6.10 Å². The van der Waals surface area contributed by atoms with E-state index < -0.39 is 41.7 Å². The molecule has 4 aliphatic rings. The van der Waals surface area contributed by atoms with Gasteiger partial charge in [-0.05, 0) is 54.1 Å². The summed E-state index contributed by atoms with van der Waals surface area (Å²) < 4.78 is 5.69. The lowest BCUT2D eigenvalue weighted by Crippen LogP contribution is -2.65. The van der Waals surface area contributed by atoms with Gasteiger partial charge in [-0.2, -0.15) is 0 Å². The second-order valence-electron chi connectivity index (χ2n) is 10.6. The first-order valence-corrected chi connectivity index (χ1v) is 11.2. The number of hydrogen-bond donors (Lipinski definition) is 3. The SMILES string of the molecule is C=C(CC)C(=O)O[C@H]1C(C)=C[C@@]23C(=O)[C@@H](C=C(CO)[C@@H](O)[C@]12O)[C@H]1[C@@H](C[C@H]3C)C1(C)C. The summed E-state index contributed by atoms with van der Waals surface area (Å²) in [6, 6.07) is 0. The van der Waals surface area contributed by atoms with Crippen molar-refractivity contribution in [2.75, 3.05) is 6.61 Å². The van der Waals surface area contributed by atoms with Crippen molar-refractivity contribution in [3.63, 3.8) is 0 Å². The second kappa shape index (κ2) is 6.87. The lowest BCUT2D eigenvalue weighted by atomic mass is 9.59. The molecule has 8 atom stereocenters. The van der Waals surface area contributed by atoms with Gasteiger partial charge in [-0.1, -0.05) is 46.4 Å². The number of allylic oxidation sites excluding steroid dienone is 1. The van der Waals surface area contributed by atoms with Gasteiger partial charge in [0.15, 0.2) is 17.5 Å². The first-order chi connectivity index (χ1) is 14.4. The van der Waals surface area contributed by atoms with Crippen LogP contribution in [0.1, 0.15) is 47.5 Å². The number of rotatable bonds is 4. The average Bonchev–Trinajstić information content (AvgIpc) is 3.21. The molecule has 1 spiro atoms. The molecule has 0 saturated heterocycles. The molecule has 4 aliphatic carbocycles. The average molecular weight is 431 g/mol. The highest BCUT2D eigenvalue weighted by Gasteiger charge is 2.76. The van der Waals surface area contributed by atoms with E-state index in [1.54, 1.807) is 26.0 Å². The van der Waals surface area contributed by atoms with Crippen molar-refractivity contribution in [3.8, 4) is 0 Å². The van der Waals surface area contributed by atoms with Crippen LogP contribution in [0.3, 0.4) is 0 Å². The summed E-state index contributed by atoms with van der Waals surface area (Å²) in [5, 5.41) is 33.7. The molecule has 170 valence electrons. The third kappa shape index (κ3) is 2.61. The van der Waals surface area contributed by atoms with Crippen LogP contribution in [0, 0.1) is 34.5 Å². The lowest BCUT2D eigenvalue weighted by Gasteiger charge is -2.48. The number of hydrogen-bond acceptors (Lipinski definition) is 6. The van der Waals surface area contributed by atoms with Crippen LogP contribution >= 0.6 is 0 Å². The molecule has 2 fully saturated rings. The first-order valence-electron chi connectivity index (χ1n) is 11.2. The third-order valence-electron chi connectivity index (χ3n) is 8.84. The van der Waals surface area contributed by atoms with Crippen molar-refractivity contribution >= 4 is 11.8 Å². The van der Waals surface area contributed by atoms with Crippen LogP contribution in [0.5, 0.6) is 0 Å². The topological polar surface area (TPSA) is 104 Å². The van der Waals surface area contributed by atoms with Crippen LogP contribution in [-0.2, 0) is 14.3 Å². The Labute approximate surface area is 183 Å². The van der Waals surface area contributed by atoms with Crippen molar-refractivity contribution in [3.05, 3.63) is 35.5 Å². The normalized spacial score (nSPS) is 44.8. The Morgan fingerprint density at radius 1 is 1.35 bits per heavy atom. The van der Waals surface area contributed by atoms with Crippen LogP contribution in [0.25, 0.3) is 0 Å². The predicted molar refractivity (Wildman–Crippen MR) is 115 cm³/mol. The van der Waals surface area contributed by atoms with Gasteiger partial charge in [0.25, 0.3) is 0 Å². The Morgan fingerprint density at radius 3 is 2.58 bits per heavy atom. The molecule has 6 nitrogen and oxygen atoms in total. The molecule has 0 radical (unpaired) electrons. The minimum atomic E-state index is -2.10. The highest BCUT2D eigenvalue weighted by atomic mass is 16.6. The van der Waals surface area contributed by atoms with Crippen LogP contribution in [0.4, 0.5) is 0 Å². The van der Waals surface area contributed by atoms with Crippen molar-refractivity contribution in [2.24, 2.45) is 34.5 Å². The summed E-state index contributed by atoms with van der Waals surface area (Å²) in [7, 11) is 0. The molecule has 0 unspecified atom stereocenters. The molecule has 2 saturated carbocycles. The number of Topliss-reactive ketones (excluding diaryl/α,β-unsaturated/α-hetero) is 1. The third-order valence-corrected chi connectivity index (χ3v) is 8.84. The zero-order valence-electron chi connectivity index (χ0n) is 19.0. The smallest absolute Gasteiger partial charge is 0.334 e. The van der Waals surface area contributed by atoms with E-state index in [9.17, 15) is 24.9 Å². The highest BCUT2D eigenvalue weighted by molar-refractivity contribution is 5.96. The van der Waals surface area contributed by atoms with E-state index in [2.05, 4.69) is 20.4 Å². The van der Waals surface area contributed by atoms with E-state index in [0.29, 0.717) is 17.9 Å². The van der Waals surface area contributed by atoms with Gasteiger partial charge >= 0.3 is 5.97 Å². The van der Waals surface area contributed by atoms with E-state index in [1.165, 1.54) is 0 Å². The van der Waals surface area contributed by atoms with E-state index >= 15 is 0 Å². The summed E-state index contributed by atoms with van der Waals surface area (Å²) in [6.45, 7) is 13.0. The maximum Gasteiger partial charge on any atom is 0.334 e. The van der Waals surface area contributed by atoms with Gasteiger partial charge in [0.05, 0.1) is 12.0 Å². The van der Waals surface area contributed by atoms with Gasteiger partial charge in [0.2, 0.25) is 0 Å². The van der Waals surface area contributed by atoms with Gasteiger partial charge in [0, 0.05) is 11.5 Å². The fourth-order valence-electron chi connectivity index (χ4n) is 6.93. The lowest BCUT2D eigenvalue weighted by molar-refractivity contribution is -0.201. The molecule has 0 aromatic rings. The molecule has 3 N–H and O–H groups in total. The fraction of sp³-hybridized carbons (Fsp3) is 0.680. The number of carbonyl (C=O) groups excluding carboxylic acids is 2. The largest absolute Gasteiger partial charge is 0.451 e. The molecule has 0 aromatic carbocycles. The fourth-order valence-corrected chi connectivity index (χ4v) is 6.93. The van der Waals surface area contributed by atoms with Gasteiger partial charge < -0.3 is 20.1 Å². The highest BCUT2D eigenvalue weighted by Crippen LogP contribution is 2.71. The van der Waals surface area contributed by atoms with Crippen molar-refractivity contribution in [1.29, 1.82) is 0 Å². The number of fused-ring (bicyclic) bond motifs is 3. The number of aliphatic hydroxyl groups excluding tert-OH is 2. The Bertz CT molecular complexity index is 913. The number of aliphatic hydroxyl groups is 3. The molecular formula is C25H34O6. The van der Waals surface area contributed by atoms with Crippen LogP contribution in [-0.4, -0.2) is 51.5 Å². The zero-order chi connectivity index (χ0) is 23.1. The van der Waals surface area contributed by atoms with Crippen molar-refractivity contribution in [2.45, 2.75) is 65.3 Å². The van der Waals surface area contributed by atoms with Crippen LogP contribution in [0.2, 0.25) is 0 Å². The van der Waals surface area contributed by atoms with E-state index in [-0.39, 0.29) is 34.2 Å². The molecule has 0 aliphatic heterocycles. The number of carbonyl (C=O) groups is 2. The molecule has 31 heavy (non-hydrogen) atoms. The Hall–Kier alpha value is -1.76. The Morgan fingerprint density at radius 2 is 2.00 bits per heavy atom. The zero-order valence-corrected chi connectivity index (χ0v) is 19.0. The molecule has 0 aromatic heterocycles. The molecule has 0 amide bonds. The maximum atomic E-state index is 14.2. The van der Waals surface area contributed by atoms with E-state index in [4.69, 9.17) is 4.74 Å². The minimum absolute atomic E-state index is 0.0250. The summed E-state index contributed by atoms with van der Waals surface area (Å²) in [4.78, 5) is 26.8.